The molecule has 0 N–H and O–H groups in total. The van der Waals surface area contributed by atoms with Crippen LogP contribution in [-0.2, 0) is 21.5 Å². The van der Waals surface area contributed by atoms with Crippen LogP contribution in [0.25, 0.3) is 10.1 Å². The molecule has 4 rings (SSSR count). The Hall–Kier alpha value is -2.20. The second-order valence-electron chi connectivity index (χ2n) is 6.21. The summed E-state index contributed by atoms with van der Waals surface area (Å²) in [4.78, 5) is 26.8. The average Bonchev–Trinajstić information content (AvgIpc) is 2.84. The zero-order chi connectivity index (χ0) is 16.0. The monoisotopic (exact) mass is 323 g/mol. The Morgan fingerprint density at radius 3 is 2.70 bits per heavy atom. The number of thiophene rings is 1. The first-order valence-electron chi connectivity index (χ1n) is 7.78. The van der Waals surface area contributed by atoms with Crippen LogP contribution in [0, 0.1) is 0 Å². The van der Waals surface area contributed by atoms with Gasteiger partial charge in [-0.15, -0.1) is 11.3 Å². The summed E-state index contributed by atoms with van der Waals surface area (Å²) in [6.07, 6.45) is 8.18. The van der Waals surface area contributed by atoms with Crippen LogP contribution in [-0.4, -0.2) is 23.1 Å². The number of hydrogen-bond donors (Lipinski definition) is 0. The SMILES string of the molecule is CC(=O)N1CCC2(C=CC(=O)C=C2)c2sc3ccccc3c2C1. The average molecular weight is 323 g/mol. The second-order valence-corrected chi connectivity index (χ2v) is 7.26. The topological polar surface area (TPSA) is 37.4 Å². The molecule has 0 saturated carbocycles. The number of hydrogen-bond acceptors (Lipinski definition) is 3. The predicted molar refractivity (Wildman–Crippen MR) is 92.5 cm³/mol. The molecule has 116 valence electrons. The van der Waals surface area contributed by atoms with Crippen LogP contribution in [0.1, 0.15) is 23.8 Å². The Balaban J connectivity index is 1.96. The summed E-state index contributed by atoms with van der Waals surface area (Å²) in [5, 5.41) is 1.22. The summed E-state index contributed by atoms with van der Waals surface area (Å²) < 4.78 is 1.24. The van der Waals surface area contributed by atoms with E-state index in [0.717, 1.165) is 6.42 Å². The van der Waals surface area contributed by atoms with Crippen molar-refractivity contribution in [2.45, 2.75) is 25.3 Å². The minimum atomic E-state index is -0.267. The maximum atomic E-state index is 12.0. The van der Waals surface area contributed by atoms with Gasteiger partial charge in [0, 0.05) is 35.0 Å². The smallest absolute Gasteiger partial charge is 0.219 e. The number of benzene rings is 1. The standard InChI is InChI=1S/C19H17NO2S/c1-13(21)20-11-10-19(8-6-14(22)7-9-19)18-16(12-20)15-4-2-3-5-17(15)23-18/h2-9H,10-12H2,1H3. The molecule has 0 radical (unpaired) electrons. The number of allylic oxidation sites excluding steroid dienone is 4. The zero-order valence-electron chi connectivity index (χ0n) is 12.9. The van der Waals surface area contributed by atoms with Crippen LogP contribution < -0.4 is 0 Å². The molecule has 1 aliphatic heterocycles. The van der Waals surface area contributed by atoms with Gasteiger partial charge < -0.3 is 4.90 Å². The summed E-state index contributed by atoms with van der Waals surface area (Å²) >= 11 is 1.78. The molecule has 1 aliphatic carbocycles. The highest BCUT2D eigenvalue weighted by Crippen LogP contribution is 2.46. The summed E-state index contributed by atoms with van der Waals surface area (Å²) in [6.45, 7) is 2.97. The van der Waals surface area contributed by atoms with Crippen molar-refractivity contribution in [1.29, 1.82) is 0 Å². The van der Waals surface area contributed by atoms with E-state index in [4.69, 9.17) is 0 Å². The number of rotatable bonds is 0. The quantitative estimate of drug-likeness (QED) is 0.743. The predicted octanol–water partition coefficient (Wildman–Crippen LogP) is 3.59. The van der Waals surface area contributed by atoms with Gasteiger partial charge in [0.1, 0.15) is 0 Å². The van der Waals surface area contributed by atoms with Gasteiger partial charge in [-0.2, -0.15) is 0 Å². The van der Waals surface area contributed by atoms with E-state index < -0.39 is 0 Å². The van der Waals surface area contributed by atoms with Crippen molar-refractivity contribution in [2.75, 3.05) is 6.54 Å². The Kier molecular flexibility index (Phi) is 3.23. The van der Waals surface area contributed by atoms with E-state index in [2.05, 4.69) is 12.1 Å². The van der Waals surface area contributed by atoms with Crippen molar-refractivity contribution in [3.05, 3.63) is 59.0 Å². The van der Waals surface area contributed by atoms with Crippen molar-refractivity contribution in [3.63, 3.8) is 0 Å². The van der Waals surface area contributed by atoms with Gasteiger partial charge in [0.25, 0.3) is 0 Å². The van der Waals surface area contributed by atoms with Crippen LogP contribution in [0.4, 0.5) is 0 Å². The lowest BCUT2D eigenvalue weighted by atomic mass is 9.78. The van der Waals surface area contributed by atoms with E-state index in [1.54, 1.807) is 30.4 Å². The molecule has 1 spiro atoms. The first-order chi connectivity index (χ1) is 11.1. The van der Waals surface area contributed by atoms with Crippen LogP contribution in [0.5, 0.6) is 0 Å². The number of carbonyl (C=O) groups is 2. The molecule has 1 aromatic carbocycles. The van der Waals surface area contributed by atoms with Gasteiger partial charge in [-0.05, 0) is 35.6 Å². The fourth-order valence-corrected chi connectivity index (χ4v) is 4.89. The molecule has 0 fully saturated rings. The minimum absolute atomic E-state index is 0.0333. The molecule has 4 heteroatoms. The van der Waals surface area contributed by atoms with Crippen LogP contribution in [0.3, 0.4) is 0 Å². The van der Waals surface area contributed by atoms with Gasteiger partial charge in [-0.1, -0.05) is 30.4 Å². The number of nitrogens with zero attached hydrogens (tertiary/aromatic N) is 1. The number of amides is 1. The molecular formula is C19H17NO2S. The minimum Gasteiger partial charge on any atom is -0.338 e. The van der Waals surface area contributed by atoms with Crippen LogP contribution in [0.15, 0.2) is 48.6 Å². The molecule has 1 amide bonds. The lowest BCUT2D eigenvalue weighted by molar-refractivity contribution is -0.129. The molecule has 3 nitrogen and oxygen atoms in total. The third-order valence-corrected chi connectivity index (χ3v) is 6.21. The normalized spacial score (nSPS) is 19.2. The Labute approximate surface area is 138 Å². The zero-order valence-corrected chi connectivity index (χ0v) is 13.7. The molecule has 2 heterocycles. The second kappa shape index (κ2) is 5.17. The maximum absolute atomic E-state index is 12.0. The maximum Gasteiger partial charge on any atom is 0.219 e. The highest BCUT2D eigenvalue weighted by atomic mass is 32.1. The van der Waals surface area contributed by atoms with Crippen molar-refractivity contribution in [2.24, 2.45) is 0 Å². The molecule has 0 bridgehead atoms. The molecule has 0 saturated heterocycles. The van der Waals surface area contributed by atoms with E-state index in [9.17, 15) is 9.59 Å². The van der Waals surface area contributed by atoms with Crippen molar-refractivity contribution in [3.8, 4) is 0 Å². The van der Waals surface area contributed by atoms with E-state index in [1.807, 2.05) is 29.2 Å². The largest absolute Gasteiger partial charge is 0.338 e. The van der Waals surface area contributed by atoms with Crippen molar-refractivity contribution >= 4 is 33.1 Å². The van der Waals surface area contributed by atoms with Gasteiger partial charge in [0.15, 0.2) is 5.78 Å². The van der Waals surface area contributed by atoms with Gasteiger partial charge in [-0.25, -0.2) is 0 Å². The lowest BCUT2D eigenvalue weighted by Gasteiger charge is -2.28. The molecule has 2 aliphatic rings. The first-order valence-corrected chi connectivity index (χ1v) is 8.59. The van der Waals surface area contributed by atoms with E-state index >= 15 is 0 Å². The Morgan fingerprint density at radius 2 is 1.96 bits per heavy atom. The number of ketones is 1. The van der Waals surface area contributed by atoms with Crippen molar-refractivity contribution < 1.29 is 9.59 Å². The molecule has 0 unspecified atom stereocenters. The number of carbonyl (C=O) groups excluding carboxylic acids is 2. The highest BCUT2D eigenvalue weighted by molar-refractivity contribution is 7.19. The third-order valence-electron chi connectivity index (χ3n) is 4.80. The first kappa shape index (κ1) is 14.4. The fourth-order valence-electron chi connectivity index (χ4n) is 3.49. The van der Waals surface area contributed by atoms with Gasteiger partial charge >= 0.3 is 0 Å². The van der Waals surface area contributed by atoms with Gasteiger partial charge in [-0.3, -0.25) is 9.59 Å². The highest BCUT2D eigenvalue weighted by Gasteiger charge is 2.37. The molecular weight excluding hydrogens is 306 g/mol. The Morgan fingerprint density at radius 1 is 1.22 bits per heavy atom. The van der Waals surface area contributed by atoms with Crippen LogP contribution >= 0.6 is 11.3 Å². The molecule has 0 atom stereocenters. The third kappa shape index (κ3) is 2.25. The Bertz CT molecular complexity index is 859. The van der Waals surface area contributed by atoms with Gasteiger partial charge in [0.2, 0.25) is 5.91 Å². The van der Waals surface area contributed by atoms with Crippen LogP contribution in [0.2, 0.25) is 0 Å². The van der Waals surface area contributed by atoms with E-state index in [0.29, 0.717) is 13.1 Å². The van der Waals surface area contributed by atoms with E-state index in [-0.39, 0.29) is 17.1 Å². The fraction of sp³-hybridized carbons (Fsp3) is 0.263. The lowest BCUT2D eigenvalue weighted by Crippen LogP contribution is -2.30. The van der Waals surface area contributed by atoms with Gasteiger partial charge in [0.05, 0.1) is 0 Å². The summed E-state index contributed by atoms with van der Waals surface area (Å²) in [7, 11) is 0. The number of fused-ring (bicyclic) bond motifs is 4. The molecule has 1 aromatic heterocycles. The molecule has 23 heavy (non-hydrogen) atoms. The summed E-state index contributed by atoms with van der Waals surface area (Å²) in [6, 6.07) is 8.34. The van der Waals surface area contributed by atoms with E-state index in [1.165, 1.54) is 20.5 Å². The summed E-state index contributed by atoms with van der Waals surface area (Å²) in [5.41, 5.74) is 0.957. The molecule has 2 aromatic rings. The summed E-state index contributed by atoms with van der Waals surface area (Å²) in [5.74, 6) is 0.133. The van der Waals surface area contributed by atoms with Crippen molar-refractivity contribution in [1.82, 2.24) is 4.90 Å².